The molecule has 2 unspecified atom stereocenters. The first kappa shape index (κ1) is 15.9. The summed E-state index contributed by atoms with van der Waals surface area (Å²) in [5.74, 6) is 1.31. The maximum atomic E-state index is 6.29. The van der Waals surface area contributed by atoms with Crippen molar-refractivity contribution in [3.05, 3.63) is 22.7 Å². The average Bonchev–Trinajstić information content (AvgIpc) is 2.97. The van der Waals surface area contributed by atoms with Crippen LogP contribution in [0, 0.1) is 0 Å². The molecule has 0 amide bonds. The van der Waals surface area contributed by atoms with Crippen LogP contribution < -0.4 is 9.47 Å². The molecule has 1 aromatic rings. The van der Waals surface area contributed by atoms with Gasteiger partial charge in [-0.1, -0.05) is 33.6 Å². The minimum absolute atomic E-state index is 0.199. The molecule has 2 atom stereocenters. The van der Waals surface area contributed by atoms with Gasteiger partial charge in [0.05, 0.1) is 20.3 Å². The quantitative estimate of drug-likeness (QED) is 0.682. The van der Waals surface area contributed by atoms with Gasteiger partial charge in [-0.15, -0.1) is 0 Å². The van der Waals surface area contributed by atoms with Gasteiger partial charge in [-0.3, -0.25) is 0 Å². The lowest BCUT2D eigenvalue weighted by molar-refractivity contribution is 0.102. The summed E-state index contributed by atoms with van der Waals surface area (Å²) < 4.78 is 16.3. The fourth-order valence-electron chi connectivity index (χ4n) is 2.52. The number of alkyl halides is 1. The zero-order valence-corrected chi connectivity index (χ0v) is 14.2. The molecule has 0 radical (unpaired) electrons. The van der Waals surface area contributed by atoms with Crippen molar-refractivity contribution in [1.82, 2.24) is 0 Å². The molecule has 2 rings (SSSR count). The van der Waals surface area contributed by atoms with Gasteiger partial charge in [0.1, 0.15) is 16.5 Å². The minimum atomic E-state index is 0.199. The first-order valence-electron chi connectivity index (χ1n) is 6.83. The summed E-state index contributed by atoms with van der Waals surface area (Å²) in [5.41, 5.74) is 1.05. The zero-order chi connectivity index (χ0) is 14.5. The Morgan fingerprint density at radius 2 is 2.20 bits per heavy atom. The molecular formula is C15H20BrClO3. The summed E-state index contributed by atoms with van der Waals surface area (Å²) in [4.78, 5) is 0.199. The SMILES string of the molecule is COc1ccc(C(Br)CCC2CCCO2)c(OC)c1Cl. The van der Waals surface area contributed by atoms with Crippen LogP contribution in [-0.4, -0.2) is 26.9 Å². The number of ether oxygens (including phenoxy) is 3. The van der Waals surface area contributed by atoms with Crippen molar-refractivity contribution in [1.29, 1.82) is 0 Å². The lowest BCUT2D eigenvalue weighted by Crippen LogP contribution is -2.06. The summed E-state index contributed by atoms with van der Waals surface area (Å²) >= 11 is 10.0. The van der Waals surface area contributed by atoms with Crippen molar-refractivity contribution in [2.45, 2.75) is 36.6 Å². The standard InChI is InChI=1S/C15H20BrClO3/c1-18-13-8-6-11(15(19-2)14(13)17)12(16)7-5-10-4-3-9-20-10/h6,8,10,12H,3-5,7,9H2,1-2H3. The third kappa shape index (κ3) is 3.60. The maximum Gasteiger partial charge on any atom is 0.145 e. The molecule has 0 aromatic heterocycles. The van der Waals surface area contributed by atoms with Crippen LogP contribution in [0.4, 0.5) is 0 Å². The fourth-order valence-corrected chi connectivity index (χ4v) is 3.48. The van der Waals surface area contributed by atoms with Gasteiger partial charge in [0.25, 0.3) is 0 Å². The van der Waals surface area contributed by atoms with Crippen molar-refractivity contribution < 1.29 is 14.2 Å². The van der Waals surface area contributed by atoms with Crippen LogP contribution in [0.25, 0.3) is 0 Å². The molecule has 1 aliphatic rings. The highest BCUT2D eigenvalue weighted by Gasteiger charge is 2.21. The highest BCUT2D eigenvalue weighted by Crippen LogP contribution is 2.43. The van der Waals surface area contributed by atoms with Crippen LogP contribution in [-0.2, 0) is 4.74 Å². The van der Waals surface area contributed by atoms with Crippen molar-refractivity contribution in [3.63, 3.8) is 0 Å². The number of methoxy groups -OCH3 is 2. The van der Waals surface area contributed by atoms with Crippen LogP contribution in [0.2, 0.25) is 5.02 Å². The monoisotopic (exact) mass is 362 g/mol. The smallest absolute Gasteiger partial charge is 0.145 e. The molecule has 3 nitrogen and oxygen atoms in total. The maximum absolute atomic E-state index is 6.29. The number of hydrogen-bond acceptors (Lipinski definition) is 3. The van der Waals surface area contributed by atoms with Gasteiger partial charge < -0.3 is 14.2 Å². The topological polar surface area (TPSA) is 27.7 Å². The van der Waals surface area contributed by atoms with Gasteiger partial charge in [0.15, 0.2) is 0 Å². The van der Waals surface area contributed by atoms with E-state index in [1.54, 1.807) is 14.2 Å². The van der Waals surface area contributed by atoms with Crippen LogP contribution in [0.15, 0.2) is 12.1 Å². The van der Waals surface area contributed by atoms with E-state index in [9.17, 15) is 0 Å². The predicted octanol–water partition coefficient (Wildman–Crippen LogP) is 4.75. The van der Waals surface area contributed by atoms with Crippen LogP contribution >= 0.6 is 27.5 Å². The molecule has 1 heterocycles. The molecule has 1 saturated heterocycles. The molecule has 0 aliphatic carbocycles. The highest BCUT2D eigenvalue weighted by molar-refractivity contribution is 9.09. The molecular weight excluding hydrogens is 344 g/mol. The van der Waals surface area contributed by atoms with E-state index in [-0.39, 0.29) is 4.83 Å². The normalized spacial score (nSPS) is 19.9. The predicted molar refractivity (Wildman–Crippen MR) is 84.4 cm³/mol. The Morgan fingerprint density at radius 3 is 2.80 bits per heavy atom. The Bertz CT molecular complexity index is 447. The number of benzene rings is 1. The van der Waals surface area contributed by atoms with E-state index < -0.39 is 0 Å². The third-order valence-corrected chi connectivity index (χ3v) is 4.93. The summed E-state index contributed by atoms with van der Waals surface area (Å²) in [5, 5.41) is 0.522. The Morgan fingerprint density at radius 1 is 1.40 bits per heavy atom. The highest BCUT2D eigenvalue weighted by atomic mass is 79.9. The second-order valence-corrected chi connectivity index (χ2v) is 6.37. The van der Waals surface area contributed by atoms with Crippen molar-refractivity contribution in [2.75, 3.05) is 20.8 Å². The molecule has 112 valence electrons. The Labute approximate surface area is 133 Å². The minimum Gasteiger partial charge on any atom is -0.495 e. The molecule has 1 fully saturated rings. The van der Waals surface area contributed by atoms with E-state index in [0.29, 0.717) is 22.6 Å². The molecule has 20 heavy (non-hydrogen) atoms. The average molecular weight is 364 g/mol. The second kappa shape index (κ2) is 7.53. The van der Waals surface area contributed by atoms with E-state index in [1.165, 1.54) is 12.8 Å². The first-order chi connectivity index (χ1) is 9.67. The summed E-state index contributed by atoms with van der Waals surface area (Å²) in [6.45, 7) is 0.898. The van der Waals surface area contributed by atoms with Crippen molar-refractivity contribution >= 4 is 27.5 Å². The van der Waals surface area contributed by atoms with Gasteiger partial charge in [0, 0.05) is 17.0 Å². The Kier molecular flexibility index (Phi) is 6.00. The van der Waals surface area contributed by atoms with Gasteiger partial charge in [-0.2, -0.15) is 0 Å². The third-order valence-electron chi connectivity index (χ3n) is 3.62. The first-order valence-corrected chi connectivity index (χ1v) is 8.12. The Balaban J connectivity index is 2.08. The van der Waals surface area contributed by atoms with Gasteiger partial charge in [-0.05, 0) is 31.7 Å². The molecule has 0 spiro atoms. The van der Waals surface area contributed by atoms with Crippen molar-refractivity contribution in [3.8, 4) is 11.5 Å². The summed E-state index contributed by atoms with van der Waals surface area (Å²) in [6, 6.07) is 3.87. The molecule has 0 bridgehead atoms. The van der Waals surface area contributed by atoms with Gasteiger partial charge in [0.2, 0.25) is 0 Å². The molecule has 5 heteroatoms. The second-order valence-electron chi connectivity index (χ2n) is 4.88. The molecule has 0 N–H and O–H groups in total. The Hall–Kier alpha value is -0.450. The van der Waals surface area contributed by atoms with Crippen LogP contribution in [0.1, 0.15) is 36.1 Å². The van der Waals surface area contributed by atoms with E-state index >= 15 is 0 Å². The summed E-state index contributed by atoms with van der Waals surface area (Å²) in [6.07, 6.45) is 4.77. The van der Waals surface area contributed by atoms with Gasteiger partial charge in [-0.25, -0.2) is 0 Å². The molecule has 1 aliphatic heterocycles. The fraction of sp³-hybridized carbons (Fsp3) is 0.600. The van der Waals surface area contributed by atoms with E-state index in [0.717, 1.165) is 25.0 Å². The molecule has 0 saturated carbocycles. The molecule has 1 aromatic carbocycles. The number of rotatable bonds is 6. The lowest BCUT2D eigenvalue weighted by Gasteiger charge is -2.18. The van der Waals surface area contributed by atoms with Crippen LogP contribution in [0.5, 0.6) is 11.5 Å². The van der Waals surface area contributed by atoms with Gasteiger partial charge >= 0.3 is 0 Å². The van der Waals surface area contributed by atoms with E-state index in [4.69, 9.17) is 25.8 Å². The van der Waals surface area contributed by atoms with E-state index in [2.05, 4.69) is 15.9 Å². The number of halogens is 2. The lowest BCUT2D eigenvalue weighted by atomic mass is 10.0. The summed E-state index contributed by atoms with van der Waals surface area (Å²) in [7, 11) is 3.23. The largest absolute Gasteiger partial charge is 0.495 e. The van der Waals surface area contributed by atoms with Crippen molar-refractivity contribution in [2.24, 2.45) is 0 Å². The zero-order valence-electron chi connectivity index (χ0n) is 11.8. The van der Waals surface area contributed by atoms with E-state index in [1.807, 2.05) is 12.1 Å². The van der Waals surface area contributed by atoms with Crippen LogP contribution in [0.3, 0.4) is 0 Å². The number of hydrogen-bond donors (Lipinski definition) is 0.